The van der Waals surface area contributed by atoms with Crippen LogP contribution in [0.4, 0.5) is 0 Å². The van der Waals surface area contributed by atoms with Crippen molar-refractivity contribution in [2.45, 2.75) is 18.9 Å². The van der Waals surface area contributed by atoms with Crippen LogP contribution in [-0.2, 0) is 4.79 Å². The van der Waals surface area contributed by atoms with Crippen LogP contribution in [0.25, 0.3) is 0 Å². The molecule has 1 atom stereocenters. The summed E-state index contributed by atoms with van der Waals surface area (Å²) in [4.78, 5) is 26.8. The molecular weight excluding hydrogens is 314 g/mol. The highest BCUT2D eigenvalue weighted by atomic mass is 35.5. The van der Waals surface area contributed by atoms with Crippen LogP contribution in [0, 0.1) is 5.92 Å². The third-order valence-electron chi connectivity index (χ3n) is 2.78. The van der Waals surface area contributed by atoms with Crippen molar-refractivity contribution in [1.82, 2.24) is 10.3 Å². The summed E-state index contributed by atoms with van der Waals surface area (Å²) in [5.74, 6) is -1.79. The molecule has 5 nitrogen and oxygen atoms in total. The van der Waals surface area contributed by atoms with Gasteiger partial charge in [-0.3, -0.25) is 4.79 Å². The Morgan fingerprint density at radius 2 is 1.95 bits per heavy atom. The molecule has 102 valence electrons. The third-order valence-corrected chi connectivity index (χ3v) is 4.02. The molecule has 1 unspecified atom stereocenters. The summed E-state index contributed by atoms with van der Waals surface area (Å²) in [6, 6.07) is -0.931. The zero-order valence-corrected chi connectivity index (χ0v) is 11.8. The average Bonchev–Trinajstić information content (AvgIpc) is 3.16. The molecule has 0 radical (unpaired) electrons. The number of carbonyl (C=O) groups excluding carboxylic acids is 1. The van der Waals surface area contributed by atoms with E-state index >= 15 is 0 Å². The topological polar surface area (TPSA) is 79.3 Å². The first-order chi connectivity index (χ1) is 8.91. The molecule has 1 saturated carbocycles. The molecule has 0 aliphatic heterocycles. The predicted octanol–water partition coefficient (Wildman–Crippen LogP) is 2.63. The summed E-state index contributed by atoms with van der Waals surface area (Å²) >= 11 is 17.4. The monoisotopic (exact) mass is 322 g/mol. The molecule has 19 heavy (non-hydrogen) atoms. The summed E-state index contributed by atoms with van der Waals surface area (Å²) in [6.45, 7) is 0. The third kappa shape index (κ3) is 3.11. The lowest BCUT2D eigenvalue weighted by Gasteiger charge is -2.14. The van der Waals surface area contributed by atoms with Gasteiger partial charge in [0.25, 0.3) is 5.91 Å². The Morgan fingerprint density at radius 3 is 2.47 bits per heavy atom. The molecule has 2 rings (SSSR count). The minimum atomic E-state index is -1.08. The van der Waals surface area contributed by atoms with Gasteiger partial charge in [-0.15, -0.1) is 0 Å². The SMILES string of the molecule is O=C(NC(C(=O)O)C1CC1)c1ncc(Cl)c(Cl)c1Cl. The zero-order valence-electron chi connectivity index (χ0n) is 9.49. The molecule has 0 aromatic carbocycles. The molecule has 1 aliphatic rings. The summed E-state index contributed by atoms with van der Waals surface area (Å²) in [5.41, 5.74) is -0.136. The van der Waals surface area contributed by atoms with Crippen molar-refractivity contribution in [2.75, 3.05) is 0 Å². The van der Waals surface area contributed by atoms with Gasteiger partial charge in [-0.1, -0.05) is 34.8 Å². The molecule has 0 saturated heterocycles. The minimum absolute atomic E-state index is 0.0155. The Bertz CT molecular complexity index is 546. The first kappa shape index (κ1) is 14.4. The molecule has 1 aromatic heterocycles. The second-order valence-electron chi connectivity index (χ2n) is 4.21. The second-order valence-corrected chi connectivity index (χ2v) is 5.37. The summed E-state index contributed by atoms with van der Waals surface area (Å²) in [6.07, 6.45) is 2.75. The Balaban J connectivity index is 2.20. The summed E-state index contributed by atoms with van der Waals surface area (Å²) in [7, 11) is 0. The molecule has 0 spiro atoms. The van der Waals surface area contributed by atoms with Gasteiger partial charge in [0, 0.05) is 6.20 Å². The number of aromatic nitrogens is 1. The van der Waals surface area contributed by atoms with Gasteiger partial charge in [0.1, 0.15) is 11.7 Å². The van der Waals surface area contributed by atoms with E-state index in [4.69, 9.17) is 39.9 Å². The Hall–Kier alpha value is -1.04. The summed E-state index contributed by atoms with van der Waals surface area (Å²) in [5, 5.41) is 11.5. The van der Waals surface area contributed by atoms with Gasteiger partial charge in [0.2, 0.25) is 0 Å². The van der Waals surface area contributed by atoms with E-state index in [1.165, 1.54) is 6.20 Å². The quantitative estimate of drug-likeness (QED) is 0.892. The first-order valence-electron chi connectivity index (χ1n) is 5.45. The van der Waals surface area contributed by atoms with E-state index < -0.39 is 17.9 Å². The highest BCUT2D eigenvalue weighted by Gasteiger charge is 2.37. The standard InChI is InChI=1S/C11H9Cl3N2O3/c12-5-3-15-9(7(14)6(5)13)10(17)16-8(11(18)19)4-1-2-4/h3-4,8H,1-2H2,(H,16,17)(H,18,19). The van der Waals surface area contributed by atoms with Gasteiger partial charge in [-0.2, -0.15) is 0 Å². The number of carbonyl (C=O) groups is 2. The van der Waals surface area contributed by atoms with Gasteiger partial charge >= 0.3 is 5.97 Å². The molecule has 0 bridgehead atoms. The molecule has 2 N–H and O–H groups in total. The highest BCUT2D eigenvalue weighted by Crippen LogP contribution is 2.34. The number of pyridine rings is 1. The maximum Gasteiger partial charge on any atom is 0.326 e. The van der Waals surface area contributed by atoms with Crippen molar-refractivity contribution in [3.63, 3.8) is 0 Å². The number of hydrogen-bond acceptors (Lipinski definition) is 3. The Labute approximate surface area is 123 Å². The van der Waals surface area contributed by atoms with Crippen molar-refractivity contribution in [3.8, 4) is 0 Å². The number of hydrogen-bond donors (Lipinski definition) is 2. The van der Waals surface area contributed by atoms with Crippen molar-refractivity contribution < 1.29 is 14.7 Å². The number of aliphatic carboxylic acids is 1. The van der Waals surface area contributed by atoms with Gasteiger partial charge in [-0.25, -0.2) is 9.78 Å². The van der Waals surface area contributed by atoms with E-state index in [0.717, 1.165) is 12.8 Å². The fraction of sp³-hybridized carbons (Fsp3) is 0.364. The van der Waals surface area contributed by atoms with Crippen molar-refractivity contribution in [3.05, 3.63) is 27.0 Å². The molecule has 1 fully saturated rings. The van der Waals surface area contributed by atoms with Crippen LogP contribution in [0.3, 0.4) is 0 Å². The van der Waals surface area contributed by atoms with Crippen molar-refractivity contribution >= 4 is 46.7 Å². The fourth-order valence-corrected chi connectivity index (χ4v) is 2.19. The van der Waals surface area contributed by atoms with Crippen LogP contribution in [0.1, 0.15) is 23.3 Å². The van der Waals surface area contributed by atoms with E-state index in [1.54, 1.807) is 0 Å². The van der Waals surface area contributed by atoms with Gasteiger partial charge in [0.15, 0.2) is 0 Å². The molecule has 1 aromatic rings. The number of carboxylic acid groups (broad SMARTS) is 1. The van der Waals surface area contributed by atoms with Gasteiger partial charge < -0.3 is 10.4 Å². The van der Waals surface area contributed by atoms with Crippen LogP contribution in [0.5, 0.6) is 0 Å². The summed E-state index contributed by atoms with van der Waals surface area (Å²) < 4.78 is 0. The van der Waals surface area contributed by atoms with Gasteiger partial charge in [-0.05, 0) is 18.8 Å². The maximum atomic E-state index is 12.0. The Morgan fingerprint density at radius 1 is 1.32 bits per heavy atom. The van der Waals surface area contributed by atoms with Crippen LogP contribution in [0.15, 0.2) is 6.20 Å². The lowest BCUT2D eigenvalue weighted by Crippen LogP contribution is -2.42. The second kappa shape index (κ2) is 5.53. The predicted molar refractivity (Wildman–Crippen MR) is 70.9 cm³/mol. The normalized spacial score (nSPS) is 15.9. The van der Waals surface area contributed by atoms with Crippen molar-refractivity contribution in [1.29, 1.82) is 0 Å². The van der Waals surface area contributed by atoms with E-state index in [9.17, 15) is 9.59 Å². The lowest BCUT2D eigenvalue weighted by atomic mass is 10.2. The number of rotatable bonds is 4. The molecule has 8 heteroatoms. The van der Waals surface area contributed by atoms with Crippen LogP contribution >= 0.6 is 34.8 Å². The molecule has 1 aliphatic carbocycles. The van der Waals surface area contributed by atoms with Gasteiger partial charge in [0.05, 0.1) is 15.1 Å². The van der Waals surface area contributed by atoms with E-state index in [1.807, 2.05) is 0 Å². The average molecular weight is 324 g/mol. The van der Waals surface area contributed by atoms with Crippen molar-refractivity contribution in [2.24, 2.45) is 5.92 Å². The fourth-order valence-electron chi connectivity index (χ4n) is 1.62. The first-order valence-corrected chi connectivity index (χ1v) is 6.58. The number of carboxylic acids is 1. The smallest absolute Gasteiger partial charge is 0.326 e. The number of nitrogens with zero attached hydrogens (tertiary/aromatic N) is 1. The maximum absolute atomic E-state index is 12.0. The number of amides is 1. The largest absolute Gasteiger partial charge is 0.480 e. The number of nitrogens with one attached hydrogen (secondary N) is 1. The van der Waals surface area contributed by atoms with Crippen LogP contribution in [0.2, 0.25) is 15.1 Å². The van der Waals surface area contributed by atoms with E-state index in [0.29, 0.717) is 0 Å². The highest BCUT2D eigenvalue weighted by molar-refractivity contribution is 6.48. The lowest BCUT2D eigenvalue weighted by molar-refractivity contribution is -0.139. The van der Waals surface area contributed by atoms with Crippen LogP contribution in [-0.4, -0.2) is 28.0 Å². The van der Waals surface area contributed by atoms with E-state index in [-0.39, 0.29) is 26.7 Å². The zero-order chi connectivity index (χ0) is 14.2. The molecular formula is C11H9Cl3N2O3. The van der Waals surface area contributed by atoms with E-state index in [2.05, 4.69) is 10.3 Å². The Kier molecular flexibility index (Phi) is 4.18. The minimum Gasteiger partial charge on any atom is -0.480 e. The molecule has 1 amide bonds. The molecule has 1 heterocycles. The number of halogens is 3. The van der Waals surface area contributed by atoms with Crippen LogP contribution < -0.4 is 5.32 Å².